The summed E-state index contributed by atoms with van der Waals surface area (Å²) in [6.07, 6.45) is 67.3. The highest BCUT2D eigenvalue weighted by Gasteiger charge is 2.44. The molecule has 1 saturated heterocycles. The standard InChI is InChI=1S/C71H133NO10/c1-3-5-7-9-11-13-14-35-39-43-47-51-55-59-67(76)80-60-56-52-48-44-40-37-34-32-30-28-26-24-22-20-18-16-15-17-19-21-23-25-27-29-31-33-36-38-42-46-50-54-58-66(75)72-63(64(74)57-53-49-45-41-12-10-8-6-4-2)62-81-71-70(79)69(78)68(77)65(61-73)82-71/h13-14,18,20,53,57,63-65,68-71,73-74,77-79H,3-12,15-17,19,21-52,54-56,58-62H2,1-2H3,(H,72,75)/b14-13-,20-18-,57-53+. The number of allylic oxidation sites excluding steroid dienone is 5. The Morgan fingerprint density at radius 2 is 0.780 bits per heavy atom. The van der Waals surface area contributed by atoms with Gasteiger partial charge in [0, 0.05) is 12.8 Å². The van der Waals surface area contributed by atoms with Crippen molar-refractivity contribution in [3.63, 3.8) is 0 Å². The molecule has 7 unspecified atom stereocenters. The second-order valence-electron chi connectivity index (χ2n) is 24.6. The van der Waals surface area contributed by atoms with Crippen molar-refractivity contribution >= 4 is 11.9 Å². The van der Waals surface area contributed by atoms with E-state index in [2.05, 4.69) is 43.5 Å². The van der Waals surface area contributed by atoms with E-state index in [0.717, 1.165) is 57.8 Å². The van der Waals surface area contributed by atoms with Gasteiger partial charge in [0.2, 0.25) is 5.91 Å². The molecule has 82 heavy (non-hydrogen) atoms. The van der Waals surface area contributed by atoms with Crippen LogP contribution in [0.25, 0.3) is 0 Å². The van der Waals surface area contributed by atoms with Gasteiger partial charge in [-0.3, -0.25) is 9.59 Å². The highest BCUT2D eigenvalue weighted by atomic mass is 16.7. The van der Waals surface area contributed by atoms with Crippen LogP contribution in [0.2, 0.25) is 0 Å². The van der Waals surface area contributed by atoms with Crippen LogP contribution in [-0.4, -0.2) is 100 Å². The van der Waals surface area contributed by atoms with Gasteiger partial charge in [-0.2, -0.15) is 0 Å². The van der Waals surface area contributed by atoms with Crippen LogP contribution in [0.4, 0.5) is 0 Å². The molecule has 1 aliphatic rings. The quantitative estimate of drug-likeness (QED) is 0.0195. The van der Waals surface area contributed by atoms with E-state index in [-0.39, 0.29) is 18.5 Å². The number of amides is 1. The molecule has 0 saturated carbocycles. The van der Waals surface area contributed by atoms with Gasteiger partial charge in [-0.1, -0.05) is 281 Å². The average molecular weight is 1160 g/mol. The van der Waals surface area contributed by atoms with Crippen LogP contribution in [0.3, 0.4) is 0 Å². The van der Waals surface area contributed by atoms with Gasteiger partial charge >= 0.3 is 5.97 Å². The van der Waals surface area contributed by atoms with E-state index in [1.165, 1.54) is 257 Å². The van der Waals surface area contributed by atoms with Crippen LogP contribution in [-0.2, 0) is 23.8 Å². The van der Waals surface area contributed by atoms with Gasteiger partial charge in [-0.25, -0.2) is 0 Å². The number of carbonyl (C=O) groups is 2. The summed E-state index contributed by atoms with van der Waals surface area (Å²) in [6.45, 7) is 4.33. The molecule has 11 heteroatoms. The van der Waals surface area contributed by atoms with Gasteiger partial charge in [0.1, 0.15) is 24.4 Å². The molecule has 0 bridgehead atoms. The van der Waals surface area contributed by atoms with Crippen LogP contribution >= 0.6 is 0 Å². The summed E-state index contributed by atoms with van der Waals surface area (Å²) >= 11 is 0. The molecule has 0 spiro atoms. The van der Waals surface area contributed by atoms with Crippen molar-refractivity contribution < 1.29 is 49.3 Å². The van der Waals surface area contributed by atoms with Crippen molar-refractivity contribution in [3.05, 3.63) is 36.5 Å². The first-order valence-electron chi connectivity index (χ1n) is 35.3. The number of aliphatic hydroxyl groups excluding tert-OH is 5. The fourth-order valence-corrected chi connectivity index (χ4v) is 11.1. The molecular formula is C71H133NO10. The molecule has 1 aliphatic heterocycles. The third-order valence-corrected chi connectivity index (χ3v) is 16.7. The Labute approximate surface area is 504 Å². The molecule has 0 aliphatic carbocycles. The zero-order valence-corrected chi connectivity index (χ0v) is 53.5. The highest BCUT2D eigenvalue weighted by molar-refractivity contribution is 5.76. The van der Waals surface area contributed by atoms with Crippen LogP contribution < -0.4 is 5.32 Å². The van der Waals surface area contributed by atoms with Crippen molar-refractivity contribution in [1.29, 1.82) is 0 Å². The van der Waals surface area contributed by atoms with E-state index in [0.29, 0.717) is 19.4 Å². The van der Waals surface area contributed by atoms with E-state index in [9.17, 15) is 35.1 Å². The molecule has 7 atom stereocenters. The number of hydrogen-bond acceptors (Lipinski definition) is 10. The molecule has 1 amide bonds. The second-order valence-corrected chi connectivity index (χ2v) is 24.6. The summed E-state index contributed by atoms with van der Waals surface area (Å²) in [4.78, 5) is 25.1. The zero-order chi connectivity index (χ0) is 59.5. The summed E-state index contributed by atoms with van der Waals surface area (Å²) in [5.41, 5.74) is 0. The summed E-state index contributed by atoms with van der Waals surface area (Å²) in [6, 6.07) is -0.806. The lowest BCUT2D eigenvalue weighted by Gasteiger charge is -2.40. The molecule has 11 nitrogen and oxygen atoms in total. The van der Waals surface area contributed by atoms with Crippen LogP contribution in [0, 0.1) is 0 Å². The number of ether oxygens (including phenoxy) is 3. The Kier molecular flexibility index (Phi) is 57.5. The van der Waals surface area contributed by atoms with Gasteiger partial charge in [0.15, 0.2) is 6.29 Å². The highest BCUT2D eigenvalue weighted by Crippen LogP contribution is 2.23. The molecular weight excluding hydrogens is 1030 g/mol. The first kappa shape index (κ1) is 77.9. The minimum absolute atomic E-state index is 0.00144. The van der Waals surface area contributed by atoms with Crippen molar-refractivity contribution in [2.24, 2.45) is 0 Å². The van der Waals surface area contributed by atoms with E-state index in [4.69, 9.17) is 14.2 Å². The lowest BCUT2D eigenvalue weighted by molar-refractivity contribution is -0.302. The van der Waals surface area contributed by atoms with Crippen molar-refractivity contribution in [2.45, 2.75) is 384 Å². The maximum absolute atomic E-state index is 13.0. The van der Waals surface area contributed by atoms with Crippen molar-refractivity contribution in [1.82, 2.24) is 5.32 Å². The van der Waals surface area contributed by atoms with Crippen LogP contribution in [0.1, 0.15) is 341 Å². The van der Waals surface area contributed by atoms with Crippen LogP contribution in [0.15, 0.2) is 36.5 Å². The maximum atomic E-state index is 13.0. The van der Waals surface area contributed by atoms with Crippen molar-refractivity contribution in [2.75, 3.05) is 19.8 Å². The fourth-order valence-electron chi connectivity index (χ4n) is 11.1. The molecule has 1 fully saturated rings. The normalized spacial score (nSPS) is 18.4. The molecule has 6 N–H and O–H groups in total. The Morgan fingerprint density at radius 3 is 1.18 bits per heavy atom. The van der Waals surface area contributed by atoms with E-state index < -0.39 is 49.5 Å². The lowest BCUT2D eigenvalue weighted by atomic mass is 9.99. The second kappa shape index (κ2) is 60.6. The predicted molar refractivity (Wildman–Crippen MR) is 343 cm³/mol. The monoisotopic (exact) mass is 1160 g/mol. The van der Waals surface area contributed by atoms with Crippen LogP contribution in [0.5, 0.6) is 0 Å². The van der Waals surface area contributed by atoms with E-state index in [1.54, 1.807) is 6.08 Å². The number of aliphatic hydroxyl groups is 5. The Balaban J connectivity index is 1.91. The molecule has 0 aromatic heterocycles. The van der Waals surface area contributed by atoms with E-state index >= 15 is 0 Å². The number of unbranched alkanes of at least 4 members (excludes halogenated alkanes) is 44. The van der Waals surface area contributed by atoms with Gasteiger partial charge in [0.05, 0.1) is 32.0 Å². The first-order valence-corrected chi connectivity index (χ1v) is 35.3. The predicted octanol–water partition coefficient (Wildman–Crippen LogP) is 17.8. The Hall–Kier alpha value is -2.12. The van der Waals surface area contributed by atoms with Gasteiger partial charge in [-0.05, 0) is 83.5 Å². The summed E-state index contributed by atoms with van der Waals surface area (Å²) < 4.78 is 16.7. The molecule has 0 aromatic carbocycles. The third-order valence-electron chi connectivity index (χ3n) is 16.7. The molecule has 1 rings (SSSR count). The molecule has 0 radical (unpaired) electrons. The average Bonchev–Trinajstić information content (AvgIpc) is 3.63. The largest absolute Gasteiger partial charge is 0.466 e. The van der Waals surface area contributed by atoms with Gasteiger partial charge in [-0.15, -0.1) is 0 Å². The zero-order valence-electron chi connectivity index (χ0n) is 53.5. The van der Waals surface area contributed by atoms with Gasteiger partial charge < -0.3 is 45.1 Å². The topological polar surface area (TPSA) is 175 Å². The minimum Gasteiger partial charge on any atom is -0.466 e. The number of rotatable bonds is 62. The Bertz CT molecular complexity index is 1460. The minimum atomic E-state index is -1.57. The molecule has 1 heterocycles. The smallest absolute Gasteiger partial charge is 0.305 e. The number of esters is 1. The summed E-state index contributed by atoms with van der Waals surface area (Å²) in [5, 5.41) is 54.3. The molecule has 482 valence electrons. The SMILES string of the molecule is CCCCCC/C=C\CCCCCCCC(=O)OCCCCCCCCCCCCCC/C=C\CCCCCCCCCCCCCCCCCCC(=O)NC(COC1OC(CO)C(O)C(O)C1O)C(O)/C=C/CCCCCCCCC. The number of carbonyl (C=O) groups excluding carboxylic acids is 2. The lowest BCUT2D eigenvalue weighted by Crippen LogP contribution is -2.60. The Morgan fingerprint density at radius 1 is 0.439 bits per heavy atom. The van der Waals surface area contributed by atoms with Gasteiger partial charge in [0.25, 0.3) is 0 Å². The maximum Gasteiger partial charge on any atom is 0.305 e. The third kappa shape index (κ3) is 49.0. The summed E-state index contributed by atoms with van der Waals surface area (Å²) in [5.74, 6) is -0.179. The van der Waals surface area contributed by atoms with Crippen molar-refractivity contribution in [3.8, 4) is 0 Å². The summed E-state index contributed by atoms with van der Waals surface area (Å²) in [7, 11) is 0. The first-order chi connectivity index (χ1) is 40.2. The molecule has 0 aromatic rings. The fraction of sp³-hybridized carbons (Fsp3) is 0.887. The number of hydrogen-bond donors (Lipinski definition) is 6. The van der Waals surface area contributed by atoms with E-state index in [1.807, 2.05) is 6.08 Å². The number of nitrogens with one attached hydrogen (secondary N) is 1.